The minimum atomic E-state index is 0.611. The Morgan fingerprint density at radius 2 is 2.00 bits per heavy atom. The van der Waals surface area contributed by atoms with Crippen LogP contribution in [0, 0.1) is 5.92 Å². The second-order valence-corrected chi connectivity index (χ2v) is 4.29. The van der Waals surface area contributed by atoms with Gasteiger partial charge in [0.15, 0.2) is 0 Å². The minimum Gasteiger partial charge on any atom is -0.373 e. The van der Waals surface area contributed by atoms with Crippen LogP contribution in [0.3, 0.4) is 0 Å². The standard InChI is InChI=1S/C11H20N4/c1-8(2)6-9-7-10(12-3)14-11(13-9)15(4)5/h7-8H,6H2,1-5H3,(H,12,13,14). The summed E-state index contributed by atoms with van der Waals surface area (Å²) in [6.07, 6.45) is 0.984. The summed E-state index contributed by atoms with van der Waals surface area (Å²) in [5.74, 6) is 2.25. The van der Waals surface area contributed by atoms with Crippen molar-refractivity contribution in [3.05, 3.63) is 11.8 Å². The van der Waals surface area contributed by atoms with Gasteiger partial charge in [0.05, 0.1) is 0 Å². The number of nitrogens with one attached hydrogen (secondary N) is 1. The van der Waals surface area contributed by atoms with Crippen LogP contribution in [-0.2, 0) is 6.42 Å². The highest BCUT2D eigenvalue weighted by atomic mass is 15.2. The molecule has 4 heteroatoms. The van der Waals surface area contributed by atoms with Crippen LogP contribution in [-0.4, -0.2) is 31.1 Å². The van der Waals surface area contributed by atoms with E-state index in [2.05, 4.69) is 29.1 Å². The van der Waals surface area contributed by atoms with Gasteiger partial charge in [-0.05, 0) is 12.3 Å². The van der Waals surface area contributed by atoms with Gasteiger partial charge in [0.25, 0.3) is 0 Å². The lowest BCUT2D eigenvalue weighted by molar-refractivity contribution is 0.634. The van der Waals surface area contributed by atoms with E-state index in [0.29, 0.717) is 5.92 Å². The van der Waals surface area contributed by atoms with E-state index >= 15 is 0 Å². The van der Waals surface area contributed by atoms with E-state index < -0.39 is 0 Å². The van der Waals surface area contributed by atoms with E-state index in [-0.39, 0.29) is 0 Å². The Morgan fingerprint density at radius 3 is 2.47 bits per heavy atom. The molecular formula is C11H20N4. The Kier molecular flexibility index (Phi) is 3.88. The molecule has 0 aliphatic rings. The Hall–Kier alpha value is -1.32. The van der Waals surface area contributed by atoms with E-state index in [1.807, 2.05) is 32.1 Å². The summed E-state index contributed by atoms with van der Waals surface area (Å²) in [6.45, 7) is 4.38. The molecule has 0 saturated heterocycles. The Morgan fingerprint density at radius 1 is 1.33 bits per heavy atom. The summed E-state index contributed by atoms with van der Waals surface area (Å²) in [5.41, 5.74) is 1.09. The molecule has 15 heavy (non-hydrogen) atoms. The third-order valence-electron chi connectivity index (χ3n) is 2.04. The molecule has 4 nitrogen and oxygen atoms in total. The zero-order chi connectivity index (χ0) is 11.4. The van der Waals surface area contributed by atoms with Crippen LogP contribution in [0.5, 0.6) is 0 Å². The van der Waals surface area contributed by atoms with E-state index in [9.17, 15) is 0 Å². The Bertz CT molecular complexity index is 320. The number of hydrogen-bond donors (Lipinski definition) is 1. The van der Waals surface area contributed by atoms with Gasteiger partial charge in [-0.1, -0.05) is 13.8 Å². The normalized spacial score (nSPS) is 10.5. The van der Waals surface area contributed by atoms with Crippen molar-refractivity contribution in [2.75, 3.05) is 31.4 Å². The third-order valence-corrected chi connectivity index (χ3v) is 2.04. The van der Waals surface area contributed by atoms with Crippen LogP contribution >= 0.6 is 0 Å². The molecule has 1 N–H and O–H groups in total. The molecule has 84 valence electrons. The summed E-state index contributed by atoms with van der Waals surface area (Å²) in [7, 11) is 5.78. The van der Waals surface area contributed by atoms with Gasteiger partial charge in [-0.2, -0.15) is 4.98 Å². The minimum absolute atomic E-state index is 0.611. The monoisotopic (exact) mass is 208 g/mol. The number of aromatic nitrogens is 2. The predicted molar refractivity (Wildman–Crippen MR) is 64.4 cm³/mol. The van der Waals surface area contributed by atoms with Crippen LogP contribution in [0.4, 0.5) is 11.8 Å². The molecule has 0 saturated carbocycles. The molecule has 1 aromatic rings. The zero-order valence-electron chi connectivity index (χ0n) is 10.2. The van der Waals surface area contributed by atoms with E-state index in [0.717, 1.165) is 23.9 Å². The first kappa shape index (κ1) is 11.8. The lowest BCUT2D eigenvalue weighted by atomic mass is 10.1. The maximum atomic E-state index is 4.50. The molecule has 0 atom stereocenters. The highest BCUT2D eigenvalue weighted by Gasteiger charge is 2.06. The molecule has 1 aromatic heterocycles. The molecule has 0 amide bonds. The van der Waals surface area contributed by atoms with Crippen LogP contribution in [0.1, 0.15) is 19.5 Å². The second-order valence-electron chi connectivity index (χ2n) is 4.29. The van der Waals surface area contributed by atoms with Crippen molar-refractivity contribution < 1.29 is 0 Å². The van der Waals surface area contributed by atoms with Crippen molar-refractivity contribution in [3.63, 3.8) is 0 Å². The molecule has 0 aromatic carbocycles. The summed E-state index contributed by atoms with van der Waals surface area (Å²) < 4.78 is 0. The number of nitrogens with zero attached hydrogens (tertiary/aromatic N) is 3. The molecule has 1 heterocycles. The molecular weight excluding hydrogens is 188 g/mol. The number of hydrogen-bond acceptors (Lipinski definition) is 4. The first-order valence-corrected chi connectivity index (χ1v) is 5.26. The van der Waals surface area contributed by atoms with Crippen LogP contribution in [0.25, 0.3) is 0 Å². The van der Waals surface area contributed by atoms with E-state index in [1.54, 1.807) is 0 Å². The average Bonchev–Trinajstić information content (AvgIpc) is 2.16. The van der Waals surface area contributed by atoms with Crippen molar-refractivity contribution in [2.45, 2.75) is 20.3 Å². The van der Waals surface area contributed by atoms with E-state index in [4.69, 9.17) is 0 Å². The predicted octanol–water partition coefficient (Wildman–Crippen LogP) is 1.78. The maximum Gasteiger partial charge on any atom is 0.226 e. The van der Waals surface area contributed by atoms with E-state index in [1.165, 1.54) is 0 Å². The summed E-state index contributed by atoms with van der Waals surface area (Å²) in [4.78, 5) is 10.8. The van der Waals surface area contributed by atoms with Gasteiger partial charge in [0.1, 0.15) is 5.82 Å². The molecule has 0 aliphatic heterocycles. The van der Waals surface area contributed by atoms with Gasteiger partial charge in [0.2, 0.25) is 5.95 Å². The van der Waals surface area contributed by atoms with Gasteiger partial charge in [-0.15, -0.1) is 0 Å². The fraction of sp³-hybridized carbons (Fsp3) is 0.636. The first-order valence-electron chi connectivity index (χ1n) is 5.26. The van der Waals surface area contributed by atoms with Gasteiger partial charge < -0.3 is 10.2 Å². The van der Waals surface area contributed by atoms with Crippen LogP contribution in [0.2, 0.25) is 0 Å². The fourth-order valence-electron chi connectivity index (χ4n) is 1.33. The highest BCUT2D eigenvalue weighted by molar-refractivity contribution is 5.42. The summed E-state index contributed by atoms with van der Waals surface area (Å²) in [6, 6.07) is 2.01. The van der Waals surface area contributed by atoms with Gasteiger partial charge >= 0.3 is 0 Å². The van der Waals surface area contributed by atoms with Crippen LogP contribution in [0.15, 0.2) is 6.07 Å². The quantitative estimate of drug-likeness (QED) is 0.819. The number of rotatable bonds is 4. The van der Waals surface area contributed by atoms with Crippen molar-refractivity contribution >= 4 is 11.8 Å². The van der Waals surface area contributed by atoms with Crippen molar-refractivity contribution in [1.82, 2.24) is 9.97 Å². The third kappa shape index (κ3) is 3.38. The molecule has 0 unspecified atom stereocenters. The lowest BCUT2D eigenvalue weighted by Crippen LogP contribution is -2.15. The SMILES string of the molecule is CNc1cc(CC(C)C)nc(N(C)C)n1. The van der Waals surface area contributed by atoms with Crippen LogP contribution < -0.4 is 10.2 Å². The maximum absolute atomic E-state index is 4.50. The summed E-state index contributed by atoms with van der Waals surface area (Å²) >= 11 is 0. The molecule has 0 spiro atoms. The molecule has 0 radical (unpaired) electrons. The van der Waals surface area contributed by atoms with Gasteiger partial charge in [-0.25, -0.2) is 4.98 Å². The smallest absolute Gasteiger partial charge is 0.226 e. The lowest BCUT2D eigenvalue weighted by Gasteiger charge is -2.14. The van der Waals surface area contributed by atoms with Crippen molar-refractivity contribution in [3.8, 4) is 0 Å². The van der Waals surface area contributed by atoms with Gasteiger partial charge in [0, 0.05) is 32.9 Å². The number of anilines is 2. The fourth-order valence-corrected chi connectivity index (χ4v) is 1.33. The Balaban J connectivity index is 3.00. The molecule has 0 aliphatic carbocycles. The highest BCUT2D eigenvalue weighted by Crippen LogP contribution is 2.14. The van der Waals surface area contributed by atoms with Crippen molar-refractivity contribution in [2.24, 2.45) is 5.92 Å². The molecule has 0 bridgehead atoms. The molecule has 0 fully saturated rings. The molecule has 1 rings (SSSR count). The average molecular weight is 208 g/mol. The zero-order valence-corrected chi connectivity index (χ0v) is 10.2. The first-order chi connectivity index (χ1) is 7.02. The summed E-state index contributed by atoms with van der Waals surface area (Å²) in [5, 5.41) is 3.06. The van der Waals surface area contributed by atoms with Gasteiger partial charge in [-0.3, -0.25) is 0 Å². The topological polar surface area (TPSA) is 41.1 Å². The Labute approximate surface area is 91.7 Å². The largest absolute Gasteiger partial charge is 0.373 e. The van der Waals surface area contributed by atoms with Crippen molar-refractivity contribution in [1.29, 1.82) is 0 Å². The second kappa shape index (κ2) is 4.96.